The Morgan fingerprint density at radius 3 is 2.73 bits per heavy atom. The van der Waals surface area contributed by atoms with Crippen LogP contribution in [0.4, 0.5) is 0 Å². The molecule has 0 radical (unpaired) electrons. The van der Waals surface area contributed by atoms with Crippen LogP contribution in [0.15, 0.2) is 29.2 Å². The molecule has 1 fully saturated rings. The highest BCUT2D eigenvalue weighted by Gasteiger charge is 2.28. The van der Waals surface area contributed by atoms with Crippen LogP contribution >= 0.6 is 11.8 Å². The van der Waals surface area contributed by atoms with Crippen LogP contribution < -0.4 is 0 Å². The summed E-state index contributed by atoms with van der Waals surface area (Å²) in [5.41, 5.74) is 0.735. The summed E-state index contributed by atoms with van der Waals surface area (Å²) in [6.07, 6.45) is 4.62. The lowest BCUT2D eigenvalue weighted by Crippen LogP contribution is -2.42. The molecular weight excluding hydrogens is 348 g/mol. The standard InChI is InChI=1S/C19H24N4O2S/c1-13-20-17(22-21-13)9-10-18(24)23-11-3-4-15(12-23)19(25)14-5-7-16(26-2)8-6-14/h5-8,15H,3-4,9-12H2,1-2H3,(H,20,21,22). The van der Waals surface area contributed by atoms with Gasteiger partial charge in [0.05, 0.1) is 0 Å². The van der Waals surface area contributed by atoms with E-state index < -0.39 is 0 Å². The van der Waals surface area contributed by atoms with Crippen LogP contribution in [0.25, 0.3) is 0 Å². The maximum atomic E-state index is 12.8. The Kier molecular flexibility index (Phi) is 6.08. The number of aromatic nitrogens is 3. The minimum Gasteiger partial charge on any atom is -0.342 e. The number of aryl methyl sites for hydroxylation is 2. The number of amides is 1. The van der Waals surface area contributed by atoms with Gasteiger partial charge in [0.15, 0.2) is 11.6 Å². The van der Waals surface area contributed by atoms with Crippen molar-refractivity contribution in [3.63, 3.8) is 0 Å². The molecule has 26 heavy (non-hydrogen) atoms. The Hall–Kier alpha value is -2.15. The van der Waals surface area contributed by atoms with Crippen LogP contribution in [0.3, 0.4) is 0 Å². The van der Waals surface area contributed by atoms with E-state index in [4.69, 9.17) is 0 Å². The van der Waals surface area contributed by atoms with E-state index >= 15 is 0 Å². The van der Waals surface area contributed by atoms with Gasteiger partial charge in [-0.25, -0.2) is 4.98 Å². The van der Waals surface area contributed by atoms with E-state index in [1.54, 1.807) is 11.8 Å². The summed E-state index contributed by atoms with van der Waals surface area (Å²) >= 11 is 1.66. The van der Waals surface area contributed by atoms with Crippen molar-refractivity contribution in [3.05, 3.63) is 41.5 Å². The van der Waals surface area contributed by atoms with Gasteiger partial charge in [0.1, 0.15) is 5.82 Å². The van der Waals surface area contributed by atoms with Crippen LogP contribution in [-0.2, 0) is 11.2 Å². The predicted molar refractivity (Wildman–Crippen MR) is 101 cm³/mol. The predicted octanol–water partition coefficient (Wildman–Crippen LogP) is 2.89. The molecule has 3 rings (SSSR count). The molecule has 6 nitrogen and oxygen atoms in total. The SMILES string of the molecule is CSc1ccc(C(=O)C2CCCN(C(=O)CCc3n[nH]c(C)n3)C2)cc1. The molecule has 1 amide bonds. The number of nitrogens with one attached hydrogen (secondary N) is 1. The largest absolute Gasteiger partial charge is 0.342 e. The van der Waals surface area contributed by atoms with Crippen molar-refractivity contribution in [2.24, 2.45) is 5.92 Å². The Balaban J connectivity index is 1.57. The first-order chi connectivity index (χ1) is 12.6. The second-order valence-electron chi connectivity index (χ2n) is 6.61. The Morgan fingerprint density at radius 2 is 2.08 bits per heavy atom. The summed E-state index contributed by atoms with van der Waals surface area (Å²) < 4.78 is 0. The molecule has 1 aliphatic rings. The van der Waals surface area contributed by atoms with Crippen LogP contribution in [0.2, 0.25) is 0 Å². The number of rotatable bonds is 6. The maximum absolute atomic E-state index is 12.8. The lowest BCUT2D eigenvalue weighted by molar-refractivity contribution is -0.132. The van der Waals surface area contributed by atoms with Gasteiger partial charge in [0.25, 0.3) is 0 Å². The molecule has 0 spiro atoms. The normalized spacial score (nSPS) is 17.3. The topological polar surface area (TPSA) is 79.0 Å². The number of H-pyrrole nitrogens is 1. The second-order valence-corrected chi connectivity index (χ2v) is 7.49. The molecule has 2 aromatic rings. The smallest absolute Gasteiger partial charge is 0.223 e. The molecule has 1 N–H and O–H groups in total. The molecule has 0 bridgehead atoms. The third-order valence-corrected chi connectivity index (χ3v) is 5.47. The third kappa shape index (κ3) is 4.52. The van der Waals surface area contributed by atoms with Crippen molar-refractivity contribution in [1.82, 2.24) is 20.1 Å². The van der Waals surface area contributed by atoms with E-state index in [2.05, 4.69) is 15.2 Å². The molecule has 0 aliphatic carbocycles. The number of carbonyl (C=O) groups excluding carboxylic acids is 2. The highest BCUT2D eigenvalue weighted by atomic mass is 32.2. The maximum Gasteiger partial charge on any atom is 0.223 e. The number of ketones is 1. The molecular formula is C19H24N4O2S. The minimum atomic E-state index is -0.112. The van der Waals surface area contributed by atoms with E-state index in [1.165, 1.54) is 0 Å². The molecule has 7 heteroatoms. The number of piperidine rings is 1. The van der Waals surface area contributed by atoms with Crippen LogP contribution in [0.1, 0.15) is 41.3 Å². The van der Waals surface area contributed by atoms with Crippen molar-refractivity contribution in [2.45, 2.75) is 37.5 Å². The molecule has 1 aliphatic heterocycles. The fraction of sp³-hybridized carbons (Fsp3) is 0.474. The van der Waals surface area contributed by atoms with Crippen molar-refractivity contribution in [3.8, 4) is 0 Å². The second kappa shape index (κ2) is 8.49. The molecule has 1 unspecified atom stereocenters. The van der Waals surface area contributed by atoms with Crippen LogP contribution in [0.5, 0.6) is 0 Å². The zero-order chi connectivity index (χ0) is 18.5. The summed E-state index contributed by atoms with van der Waals surface area (Å²) in [6, 6.07) is 7.73. The number of hydrogen-bond donors (Lipinski definition) is 1. The highest BCUT2D eigenvalue weighted by molar-refractivity contribution is 7.98. The lowest BCUT2D eigenvalue weighted by Gasteiger charge is -2.32. The van der Waals surface area contributed by atoms with E-state index in [9.17, 15) is 9.59 Å². The summed E-state index contributed by atoms with van der Waals surface area (Å²) in [7, 11) is 0. The van der Waals surface area contributed by atoms with Crippen molar-refractivity contribution < 1.29 is 9.59 Å². The minimum absolute atomic E-state index is 0.0719. The van der Waals surface area contributed by atoms with Crippen LogP contribution in [-0.4, -0.2) is 51.1 Å². The Labute approximate surface area is 157 Å². The molecule has 1 aromatic heterocycles. The van der Waals surface area contributed by atoms with E-state index in [-0.39, 0.29) is 17.6 Å². The number of Topliss-reactive ketones (excluding diaryl/α,β-unsaturated/α-hetero) is 1. The Bertz CT molecular complexity index is 772. The van der Waals surface area contributed by atoms with E-state index in [0.29, 0.717) is 25.2 Å². The number of likely N-dealkylation sites (tertiary alicyclic amines) is 1. The zero-order valence-corrected chi connectivity index (χ0v) is 16.0. The molecule has 2 heterocycles. The average molecular weight is 372 g/mol. The summed E-state index contributed by atoms with van der Waals surface area (Å²) in [5, 5.41) is 6.86. The van der Waals surface area contributed by atoms with Gasteiger partial charge in [-0.2, -0.15) is 5.10 Å². The Morgan fingerprint density at radius 1 is 1.31 bits per heavy atom. The number of carbonyl (C=O) groups is 2. The number of benzene rings is 1. The lowest BCUT2D eigenvalue weighted by atomic mass is 9.90. The summed E-state index contributed by atoms with van der Waals surface area (Å²) in [6.45, 7) is 3.07. The number of aromatic amines is 1. The monoisotopic (exact) mass is 372 g/mol. The van der Waals surface area contributed by atoms with Gasteiger partial charge in [-0.3, -0.25) is 14.7 Å². The van der Waals surface area contributed by atoms with Gasteiger partial charge in [-0.05, 0) is 38.2 Å². The number of thioether (sulfide) groups is 1. The van der Waals surface area contributed by atoms with Gasteiger partial charge in [-0.15, -0.1) is 11.8 Å². The fourth-order valence-corrected chi connectivity index (χ4v) is 3.69. The van der Waals surface area contributed by atoms with Gasteiger partial charge < -0.3 is 4.90 Å². The molecule has 1 saturated heterocycles. The fourth-order valence-electron chi connectivity index (χ4n) is 3.29. The van der Waals surface area contributed by atoms with E-state index in [0.717, 1.165) is 35.7 Å². The number of hydrogen-bond acceptors (Lipinski definition) is 5. The molecule has 0 saturated carbocycles. The zero-order valence-electron chi connectivity index (χ0n) is 15.2. The van der Waals surface area contributed by atoms with Gasteiger partial charge in [-0.1, -0.05) is 12.1 Å². The third-order valence-electron chi connectivity index (χ3n) is 4.73. The highest BCUT2D eigenvalue weighted by Crippen LogP contribution is 2.23. The van der Waals surface area contributed by atoms with Gasteiger partial charge >= 0.3 is 0 Å². The van der Waals surface area contributed by atoms with E-state index in [1.807, 2.05) is 42.3 Å². The first-order valence-corrected chi connectivity index (χ1v) is 10.1. The van der Waals surface area contributed by atoms with Crippen LogP contribution in [0, 0.1) is 12.8 Å². The average Bonchev–Trinajstić information content (AvgIpc) is 3.11. The number of nitrogens with zero attached hydrogens (tertiary/aromatic N) is 3. The molecule has 138 valence electrons. The first-order valence-electron chi connectivity index (χ1n) is 8.90. The summed E-state index contributed by atoms with van der Waals surface area (Å²) in [5.74, 6) is 1.51. The first kappa shape index (κ1) is 18.6. The van der Waals surface area contributed by atoms with Crippen molar-refractivity contribution >= 4 is 23.5 Å². The molecule has 1 atom stereocenters. The summed E-state index contributed by atoms with van der Waals surface area (Å²) in [4.78, 5) is 32.5. The van der Waals surface area contributed by atoms with Gasteiger partial charge in [0.2, 0.25) is 5.91 Å². The molecule has 1 aromatic carbocycles. The quantitative estimate of drug-likeness (QED) is 0.623. The van der Waals surface area contributed by atoms with Crippen molar-refractivity contribution in [2.75, 3.05) is 19.3 Å². The van der Waals surface area contributed by atoms with Gasteiger partial charge in [0, 0.05) is 42.3 Å². The van der Waals surface area contributed by atoms with Crippen molar-refractivity contribution in [1.29, 1.82) is 0 Å².